The molecule has 1 saturated heterocycles. The fourth-order valence-corrected chi connectivity index (χ4v) is 4.87. The highest BCUT2D eigenvalue weighted by Crippen LogP contribution is 2.38. The molecule has 3 aromatic carbocycles. The van der Waals surface area contributed by atoms with Crippen LogP contribution in [-0.4, -0.2) is 44.0 Å². The van der Waals surface area contributed by atoms with Crippen molar-refractivity contribution >= 4 is 17.7 Å². The lowest BCUT2D eigenvalue weighted by Crippen LogP contribution is -2.33. The van der Waals surface area contributed by atoms with Gasteiger partial charge in [0.25, 0.3) is 0 Å². The van der Waals surface area contributed by atoms with Gasteiger partial charge in [0.1, 0.15) is 11.5 Å². The molecule has 0 saturated carbocycles. The second-order valence-corrected chi connectivity index (χ2v) is 9.53. The highest BCUT2D eigenvalue weighted by atomic mass is 16.5. The number of carboxylic acids is 1. The minimum absolute atomic E-state index is 0.0152. The van der Waals surface area contributed by atoms with Crippen LogP contribution in [0.4, 0.5) is 5.69 Å². The van der Waals surface area contributed by atoms with Gasteiger partial charge in [0.15, 0.2) is 0 Å². The summed E-state index contributed by atoms with van der Waals surface area (Å²) in [5.74, 6) is 0.746. The van der Waals surface area contributed by atoms with Crippen molar-refractivity contribution < 1.29 is 24.1 Å². The molecule has 200 valence electrons. The summed E-state index contributed by atoms with van der Waals surface area (Å²) >= 11 is 0. The molecule has 0 radical (unpaired) electrons. The molecule has 0 amide bonds. The Hall–Kier alpha value is -3.77. The third-order valence-corrected chi connectivity index (χ3v) is 6.80. The molecule has 1 atom stereocenters. The fourth-order valence-electron chi connectivity index (χ4n) is 4.87. The number of nitrogens with zero attached hydrogens (tertiary/aromatic N) is 1. The van der Waals surface area contributed by atoms with Crippen LogP contribution in [0.5, 0.6) is 11.5 Å². The molecular weight excluding hydrogens is 478 g/mol. The molecule has 1 unspecified atom stereocenters. The Bertz CT molecular complexity index is 1260. The Labute approximate surface area is 225 Å². The van der Waals surface area contributed by atoms with Crippen molar-refractivity contribution in [2.75, 3.05) is 31.8 Å². The van der Waals surface area contributed by atoms with E-state index in [4.69, 9.17) is 14.2 Å². The number of carbonyl (C=O) groups is 1. The number of benzene rings is 3. The van der Waals surface area contributed by atoms with Crippen molar-refractivity contribution in [3.8, 4) is 22.6 Å². The van der Waals surface area contributed by atoms with E-state index in [1.165, 1.54) is 12.8 Å². The third kappa shape index (κ3) is 6.75. The molecule has 2 aliphatic rings. The van der Waals surface area contributed by atoms with Crippen molar-refractivity contribution in [1.82, 2.24) is 0 Å². The summed E-state index contributed by atoms with van der Waals surface area (Å²) in [5.41, 5.74) is 5.41. The van der Waals surface area contributed by atoms with E-state index in [0.29, 0.717) is 25.1 Å². The van der Waals surface area contributed by atoms with Crippen LogP contribution in [0.15, 0.2) is 72.3 Å². The monoisotopic (exact) mass is 515 g/mol. The van der Waals surface area contributed by atoms with E-state index in [1.807, 2.05) is 55.5 Å². The maximum atomic E-state index is 12.0. The summed E-state index contributed by atoms with van der Waals surface area (Å²) < 4.78 is 16.2. The summed E-state index contributed by atoms with van der Waals surface area (Å²) in [6.45, 7) is 7.27. The predicted molar refractivity (Wildman–Crippen MR) is 152 cm³/mol. The van der Waals surface area contributed by atoms with Gasteiger partial charge in [-0.3, -0.25) is 0 Å². The van der Waals surface area contributed by atoms with Crippen LogP contribution in [0.3, 0.4) is 0 Å². The number of hydrogen-bond donors (Lipinski definition) is 1. The van der Waals surface area contributed by atoms with Gasteiger partial charge < -0.3 is 24.2 Å². The van der Waals surface area contributed by atoms with Gasteiger partial charge in [0, 0.05) is 42.6 Å². The van der Waals surface area contributed by atoms with Gasteiger partial charge in [-0.1, -0.05) is 36.4 Å². The van der Waals surface area contributed by atoms with Gasteiger partial charge >= 0.3 is 5.97 Å². The number of rotatable bonds is 7. The maximum absolute atomic E-state index is 12.0. The summed E-state index contributed by atoms with van der Waals surface area (Å²) in [6, 6.07) is 22.2. The molecule has 1 N–H and O–H groups in total. The van der Waals surface area contributed by atoms with Gasteiger partial charge in [-0.2, -0.15) is 0 Å². The molecule has 0 bridgehead atoms. The van der Waals surface area contributed by atoms with Crippen molar-refractivity contribution in [3.63, 3.8) is 0 Å². The molecular formula is C32H37NO5. The topological polar surface area (TPSA) is 68.2 Å². The average Bonchev–Trinajstić information content (AvgIpc) is 3.49. The van der Waals surface area contributed by atoms with Crippen molar-refractivity contribution in [3.05, 3.63) is 83.4 Å². The molecule has 0 aromatic heterocycles. The Morgan fingerprint density at radius 3 is 2.53 bits per heavy atom. The number of anilines is 1. The number of para-hydroxylation sites is 1. The fraction of sp³-hybridized carbons (Fsp3) is 0.344. The minimum atomic E-state index is -0.879. The number of hydrogen-bond acceptors (Lipinski definition) is 5. The quantitative estimate of drug-likeness (QED) is 0.372. The molecule has 5 rings (SSSR count). The van der Waals surface area contributed by atoms with Crippen molar-refractivity contribution in [1.29, 1.82) is 0 Å². The van der Waals surface area contributed by atoms with Crippen molar-refractivity contribution in [2.24, 2.45) is 0 Å². The van der Waals surface area contributed by atoms with Crippen LogP contribution in [0, 0.1) is 0 Å². The lowest BCUT2D eigenvalue weighted by Gasteiger charge is -2.31. The van der Waals surface area contributed by atoms with Gasteiger partial charge in [0.05, 0.1) is 13.7 Å². The third-order valence-electron chi connectivity index (χ3n) is 6.80. The van der Waals surface area contributed by atoms with Crippen LogP contribution in [0.25, 0.3) is 17.2 Å². The van der Waals surface area contributed by atoms with E-state index in [9.17, 15) is 9.90 Å². The molecule has 38 heavy (non-hydrogen) atoms. The van der Waals surface area contributed by atoms with Crippen LogP contribution in [0.1, 0.15) is 44.2 Å². The number of aliphatic carboxylic acids is 1. The minimum Gasteiger partial charge on any atom is -0.497 e. The summed E-state index contributed by atoms with van der Waals surface area (Å²) in [4.78, 5) is 14.3. The van der Waals surface area contributed by atoms with E-state index in [-0.39, 0.29) is 6.04 Å². The lowest BCUT2D eigenvalue weighted by atomic mass is 9.99. The summed E-state index contributed by atoms with van der Waals surface area (Å²) in [5, 5.41) is 9.83. The molecule has 6 heteroatoms. The van der Waals surface area contributed by atoms with Crippen LogP contribution in [-0.2, 0) is 16.1 Å². The number of methoxy groups -OCH3 is 1. The highest BCUT2D eigenvalue weighted by molar-refractivity contribution is 5.95. The number of fused-ring (bicyclic) bond motifs is 1. The Morgan fingerprint density at radius 1 is 1.05 bits per heavy atom. The van der Waals surface area contributed by atoms with Crippen LogP contribution < -0.4 is 14.4 Å². The first-order valence-electron chi connectivity index (χ1n) is 13.3. The Morgan fingerprint density at radius 2 is 1.84 bits per heavy atom. The zero-order chi connectivity index (χ0) is 26.9. The van der Waals surface area contributed by atoms with E-state index >= 15 is 0 Å². The second kappa shape index (κ2) is 13.2. The van der Waals surface area contributed by atoms with Gasteiger partial charge in [-0.15, -0.1) is 0 Å². The normalized spacial score (nSPS) is 16.4. The molecule has 2 aliphatic heterocycles. The SMILES string of the molecule is C1CCOC1.CCOc1ccccc1-c1ccc2c(c1)C=C(C(=O)O)CC(C)N2Cc1cccc(OC)c1. The van der Waals surface area contributed by atoms with E-state index in [1.54, 1.807) is 7.11 Å². The molecule has 0 aliphatic carbocycles. The summed E-state index contributed by atoms with van der Waals surface area (Å²) in [6.07, 6.45) is 4.82. The lowest BCUT2D eigenvalue weighted by molar-refractivity contribution is -0.132. The first kappa shape index (κ1) is 27.3. The van der Waals surface area contributed by atoms with Crippen LogP contribution >= 0.6 is 0 Å². The van der Waals surface area contributed by atoms with Crippen molar-refractivity contribution in [2.45, 2.75) is 45.7 Å². The Balaban J connectivity index is 0.000000603. The van der Waals surface area contributed by atoms with E-state index in [2.05, 4.69) is 36.1 Å². The van der Waals surface area contributed by atoms with Gasteiger partial charge in [-0.25, -0.2) is 4.79 Å². The smallest absolute Gasteiger partial charge is 0.331 e. The highest BCUT2D eigenvalue weighted by Gasteiger charge is 2.25. The number of ether oxygens (including phenoxy) is 3. The summed E-state index contributed by atoms with van der Waals surface area (Å²) in [7, 11) is 1.66. The first-order valence-corrected chi connectivity index (χ1v) is 13.3. The number of carboxylic acid groups (broad SMARTS) is 1. The Kier molecular flexibility index (Phi) is 9.44. The van der Waals surface area contributed by atoms with Crippen LogP contribution in [0.2, 0.25) is 0 Å². The molecule has 6 nitrogen and oxygen atoms in total. The van der Waals surface area contributed by atoms with Gasteiger partial charge in [-0.05, 0) is 86.2 Å². The molecule has 1 fully saturated rings. The maximum Gasteiger partial charge on any atom is 0.331 e. The second-order valence-electron chi connectivity index (χ2n) is 9.53. The zero-order valence-electron chi connectivity index (χ0n) is 22.5. The molecule has 0 spiro atoms. The van der Waals surface area contributed by atoms with E-state index in [0.717, 1.165) is 52.7 Å². The predicted octanol–water partition coefficient (Wildman–Crippen LogP) is 6.82. The average molecular weight is 516 g/mol. The van der Waals surface area contributed by atoms with Gasteiger partial charge in [0.2, 0.25) is 0 Å². The molecule has 2 heterocycles. The van der Waals surface area contributed by atoms with E-state index < -0.39 is 5.97 Å². The zero-order valence-corrected chi connectivity index (χ0v) is 22.5. The first-order chi connectivity index (χ1) is 18.5. The largest absolute Gasteiger partial charge is 0.497 e. The molecule has 3 aromatic rings. The standard InChI is InChI=1S/C28H29NO4.C4H8O/c1-4-33-27-11-6-5-10-25(27)21-12-13-26-22(16-21)17-23(28(30)31)14-19(2)29(26)18-20-8-7-9-24(15-20)32-3;1-2-4-5-3-1/h5-13,15-17,19H,4,14,18H2,1-3H3,(H,30,31);1-4H2.